The van der Waals surface area contributed by atoms with E-state index in [1.54, 1.807) is 0 Å². The average Bonchev–Trinajstić information content (AvgIpc) is 2.31. The molecule has 1 aliphatic heterocycles. The lowest BCUT2D eigenvalue weighted by molar-refractivity contribution is -0.121. The van der Waals surface area contributed by atoms with Gasteiger partial charge in [-0.3, -0.25) is 0 Å². The smallest absolute Gasteiger partial charge is 0.0876 e. The molecule has 1 atom stereocenters. The first kappa shape index (κ1) is 13.5. The van der Waals surface area contributed by atoms with Gasteiger partial charge in [0.15, 0.2) is 0 Å². The van der Waals surface area contributed by atoms with E-state index in [0.717, 1.165) is 38.9 Å². The second-order valence-corrected chi connectivity index (χ2v) is 4.18. The summed E-state index contributed by atoms with van der Waals surface area (Å²) in [7, 11) is 0. The highest BCUT2D eigenvalue weighted by molar-refractivity contribution is 4.99. The lowest BCUT2D eigenvalue weighted by atomic mass is 9.84. The van der Waals surface area contributed by atoms with Crippen LogP contribution in [0.5, 0.6) is 0 Å². The van der Waals surface area contributed by atoms with Gasteiger partial charge in [-0.15, -0.1) is 11.8 Å². The Labute approximate surface area is 98.7 Å². The van der Waals surface area contributed by atoms with Crippen molar-refractivity contribution in [2.24, 2.45) is 5.73 Å². The van der Waals surface area contributed by atoms with Crippen molar-refractivity contribution in [2.45, 2.75) is 51.2 Å². The molecular weight excluding hydrogens is 202 g/mol. The largest absolute Gasteiger partial charge is 0.381 e. The van der Waals surface area contributed by atoms with Gasteiger partial charge in [-0.1, -0.05) is 0 Å². The third-order valence-electron chi connectivity index (χ3n) is 3.20. The molecule has 0 saturated carbocycles. The van der Waals surface area contributed by atoms with E-state index in [9.17, 15) is 0 Å². The molecule has 0 aromatic rings. The predicted molar refractivity (Wildman–Crippen MR) is 65.1 cm³/mol. The van der Waals surface area contributed by atoms with Crippen LogP contribution in [0.25, 0.3) is 0 Å². The first-order valence-electron chi connectivity index (χ1n) is 6.12. The van der Waals surface area contributed by atoms with Gasteiger partial charge >= 0.3 is 0 Å². The van der Waals surface area contributed by atoms with Crippen molar-refractivity contribution in [2.75, 3.05) is 19.8 Å². The number of hydrogen-bond donors (Lipinski definition) is 1. The van der Waals surface area contributed by atoms with Crippen LogP contribution in [0, 0.1) is 11.8 Å². The zero-order valence-corrected chi connectivity index (χ0v) is 10.4. The van der Waals surface area contributed by atoms with E-state index in [0.29, 0.717) is 6.61 Å². The minimum Gasteiger partial charge on any atom is -0.381 e. The Bertz CT molecular complexity index is 243. The molecule has 92 valence electrons. The van der Waals surface area contributed by atoms with Crippen LogP contribution < -0.4 is 5.73 Å². The lowest BCUT2D eigenvalue weighted by Gasteiger charge is -2.41. The molecule has 3 heteroatoms. The highest BCUT2D eigenvalue weighted by Crippen LogP contribution is 2.29. The van der Waals surface area contributed by atoms with Crippen molar-refractivity contribution in [1.82, 2.24) is 0 Å². The van der Waals surface area contributed by atoms with Crippen LogP contribution in [0.3, 0.4) is 0 Å². The van der Waals surface area contributed by atoms with E-state index in [2.05, 4.69) is 11.8 Å². The molecule has 1 aliphatic rings. The first-order chi connectivity index (χ1) is 7.75. The second kappa shape index (κ2) is 6.90. The van der Waals surface area contributed by atoms with Gasteiger partial charge in [-0.25, -0.2) is 0 Å². The summed E-state index contributed by atoms with van der Waals surface area (Å²) in [5, 5.41) is 0. The molecule has 1 unspecified atom stereocenters. The second-order valence-electron chi connectivity index (χ2n) is 4.18. The summed E-state index contributed by atoms with van der Waals surface area (Å²) in [6.07, 6.45) is 3.57. The van der Waals surface area contributed by atoms with Gasteiger partial charge in [-0.2, -0.15) is 0 Å². The molecule has 1 heterocycles. The molecule has 0 radical (unpaired) electrons. The average molecular weight is 225 g/mol. The molecule has 1 saturated heterocycles. The van der Waals surface area contributed by atoms with E-state index in [-0.39, 0.29) is 11.6 Å². The van der Waals surface area contributed by atoms with Crippen molar-refractivity contribution >= 4 is 0 Å². The molecule has 0 aromatic carbocycles. The number of ether oxygens (including phenoxy) is 2. The van der Waals surface area contributed by atoms with E-state index in [4.69, 9.17) is 15.2 Å². The molecule has 16 heavy (non-hydrogen) atoms. The van der Waals surface area contributed by atoms with Crippen molar-refractivity contribution in [3.05, 3.63) is 0 Å². The van der Waals surface area contributed by atoms with Gasteiger partial charge in [0, 0.05) is 45.1 Å². The summed E-state index contributed by atoms with van der Waals surface area (Å²) in [6, 6.07) is 0.0669. The van der Waals surface area contributed by atoms with Crippen LogP contribution in [0.15, 0.2) is 0 Å². The minimum atomic E-state index is -0.178. The summed E-state index contributed by atoms with van der Waals surface area (Å²) >= 11 is 0. The zero-order chi connectivity index (χ0) is 11.9. The summed E-state index contributed by atoms with van der Waals surface area (Å²) in [4.78, 5) is 0. The third kappa shape index (κ3) is 3.48. The SMILES string of the molecule is CC#CCCC(N)C1(OCC)CCOCC1. The summed E-state index contributed by atoms with van der Waals surface area (Å²) in [6.45, 7) is 6.11. The zero-order valence-electron chi connectivity index (χ0n) is 10.4. The summed E-state index contributed by atoms with van der Waals surface area (Å²) < 4.78 is 11.3. The normalized spacial score (nSPS) is 20.9. The van der Waals surface area contributed by atoms with Gasteiger partial charge < -0.3 is 15.2 Å². The van der Waals surface area contributed by atoms with Crippen molar-refractivity contribution < 1.29 is 9.47 Å². The Balaban J connectivity index is 2.55. The van der Waals surface area contributed by atoms with E-state index >= 15 is 0 Å². The highest BCUT2D eigenvalue weighted by Gasteiger charge is 2.38. The topological polar surface area (TPSA) is 44.5 Å². The van der Waals surface area contributed by atoms with Crippen molar-refractivity contribution in [1.29, 1.82) is 0 Å². The molecule has 3 nitrogen and oxygen atoms in total. The molecule has 0 aromatic heterocycles. The first-order valence-corrected chi connectivity index (χ1v) is 6.12. The van der Waals surface area contributed by atoms with E-state index < -0.39 is 0 Å². The van der Waals surface area contributed by atoms with Crippen LogP contribution in [0.2, 0.25) is 0 Å². The molecule has 1 rings (SSSR count). The van der Waals surface area contributed by atoms with Crippen molar-refractivity contribution in [3.63, 3.8) is 0 Å². The van der Waals surface area contributed by atoms with Crippen LogP contribution in [0.4, 0.5) is 0 Å². The third-order valence-corrected chi connectivity index (χ3v) is 3.20. The standard InChI is InChI=1S/C13H23NO2/c1-3-5-6-7-12(14)13(16-4-2)8-10-15-11-9-13/h12H,4,6-11,14H2,1-2H3. The van der Waals surface area contributed by atoms with Gasteiger partial charge in [0.1, 0.15) is 0 Å². The Kier molecular flexibility index (Phi) is 5.83. The predicted octanol–water partition coefficient (Wildman–Crippen LogP) is 1.70. The van der Waals surface area contributed by atoms with Crippen LogP contribution >= 0.6 is 0 Å². The maximum absolute atomic E-state index is 6.26. The van der Waals surface area contributed by atoms with Crippen LogP contribution in [-0.2, 0) is 9.47 Å². The van der Waals surface area contributed by atoms with Crippen LogP contribution in [0.1, 0.15) is 39.5 Å². The molecule has 0 bridgehead atoms. The fourth-order valence-corrected chi connectivity index (χ4v) is 2.24. The molecule has 1 fully saturated rings. The van der Waals surface area contributed by atoms with Gasteiger partial charge in [0.05, 0.1) is 5.60 Å². The van der Waals surface area contributed by atoms with Gasteiger partial charge in [-0.05, 0) is 20.3 Å². The quantitative estimate of drug-likeness (QED) is 0.724. The van der Waals surface area contributed by atoms with Crippen molar-refractivity contribution in [3.8, 4) is 11.8 Å². The van der Waals surface area contributed by atoms with E-state index in [1.165, 1.54) is 0 Å². The maximum Gasteiger partial charge on any atom is 0.0876 e. The number of hydrogen-bond acceptors (Lipinski definition) is 3. The molecule has 2 N–H and O–H groups in total. The van der Waals surface area contributed by atoms with Crippen LogP contribution in [-0.4, -0.2) is 31.5 Å². The molecule has 0 aliphatic carbocycles. The Hall–Kier alpha value is -0.560. The fraction of sp³-hybridized carbons (Fsp3) is 0.846. The van der Waals surface area contributed by atoms with Gasteiger partial charge in [0.25, 0.3) is 0 Å². The minimum absolute atomic E-state index is 0.0669. The number of rotatable bonds is 5. The molecular formula is C13H23NO2. The molecule has 0 amide bonds. The maximum atomic E-state index is 6.26. The molecule has 0 spiro atoms. The van der Waals surface area contributed by atoms with E-state index in [1.807, 2.05) is 13.8 Å². The van der Waals surface area contributed by atoms with Gasteiger partial charge in [0.2, 0.25) is 0 Å². The number of nitrogens with two attached hydrogens (primary N) is 1. The Morgan fingerprint density at radius 2 is 2.12 bits per heavy atom. The fourth-order valence-electron chi connectivity index (χ4n) is 2.24. The Morgan fingerprint density at radius 3 is 2.69 bits per heavy atom. The Morgan fingerprint density at radius 1 is 1.44 bits per heavy atom. The monoisotopic (exact) mass is 225 g/mol. The highest BCUT2D eigenvalue weighted by atomic mass is 16.5. The lowest BCUT2D eigenvalue weighted by Crippen LogP contribution is -2.53. The summed E-state index contributed by atoms with van der Waals surface area (Å²) in [5.74, 6) is 5.96. The summed E-state index contributed by atoms with van der Waals surface area (Å²) in [5.41, 5.74) is 6.08.